The van der Waals surface area contributed by atoms with Crippen LogP contribution in [0.2, 0.25) is 0 Å². The highest BCUT2D eigenvalue weighted by atomic mass is 16.5. The lowest BCUT2D eigenvalue weighted by molar-refractivity contribution is 0.254. The number of rotatable bonds is 5. The van der Waals surface area contributed by atoms with Gasteiger partial charge in [0.2, 0.25) is 0 Å². The first kappa shape index (κ1) is 16.6. The lowest BCUT2D eigenvalue weighted by atomic mass is 10.1. The molecule has 0 heterocycles. The smallest absolute Gasteiger partial charge is 0.319 e. The molecule has 4 nitrogen and oxygen atoms in total. The Morgan fingerprint density at radius 1 is 1.26 bits per heavy atom. The van der Waals surface area contributed by atoms with Gasteiger partial charge in [0.1, 0.15) is 12.4 Å². The van der Waals surface area contributed by atoms with Crippen molar-refractivity contribution in [2.45, 2.75) is 20.5 Å². The SMILES string of the molecule is C=Cc1cccc(COc2ccc(C)cc2C)c1NC(=O)NC. The summed E-state index contributed by atoms with van der Waals surface area (Å²) in [5.74, 6) is 0.838. The molecular formula is C19H22N2O2. The van der Waals surface area contributed by atoms with Crippen molar-refractivity contribution in [3.8, 4) is 5.75 Å². The van der Waals surface area contributed by atoms with E-state index in [2.05, 4.69) is 30.2 Å². The second-order valence-corrected chi connectivity index (χ2v) is 5.35. The number of nitrogens with one attached hydrogen (secondary N) is 2. The molecule has 4 heteroatoms. The van der Waals surface area contributed by atoms with Crippen LogP contribution in [-0.2, 0) is 6.61 Å². The minimum Gasteiger partial charge on any atom is -0.489 e. The first-order valence-corrected chi connectivity index (χ1v) is 7.48. The maximum absolute atomic E-state index is 11.7. The molecule has 2 aromatic rings. The van der Waals surface area contributed by atoms with Crippen molar-refractivity contribution in [3.05, 3.63) is 65.2 Å². The standard InChI is InChI=1S/C19H22N2O2/c1-5-15-7-6-8-16(18(15)21-19(22)20-4)12-23-17-10-9-13(2)11-14(17)3/h5-11H,1,12H2,2-4H3,(H2,20,21,22). The Hall–Kier alpha value is -2.75. The first-order valence-electron chi connectivity index (χ1n) is 7.48. The molecule has 2 aromatic carbocycles. The summed E-state index contributed by atoms with van der Waals surface area (Å²) in [4.78, 5) is 11.7. The highest BCUT2D eigenvalue weighted by Gasteiger charge is 2.10. The summed E-state index contributed by atoms with van der Waals surface area (Å²) in [6, 6.07) is 11.6. The van der Waals surface area contributed by atoms with Gasteiger partial charge in [-0.15, -0.1) is 0 Å². The molecule has 0 spiro atoms. The molecule has 23 heavy (non-hydrogen) atoms. The average Bonchev–Trinajstić information content (AvgIpc) is 2.54. The molecule has 0 fully saturated rings. The molecule has 120 valence electrons. The number of carbonyl (C=O) groups excluding carboxylic acids is 1. The molecular weight excluding hydrogens is 288 g/mol. The summed E-state index contributed by atoms with van der Waals surface area (Å²) in [7, 11) is 1.58. The van der Waals surface area contributed by atoms with E-state index in [1.54, 1.807) is 13.1 Å². The van der Waals surface area contributed by atoms with Crippen LogP contribution >= 0.6 is 0 Å². The second kappa shape index (κ2) is 7.49. The Labute approximate surface area is 137 Å². The van der Waals surface area contributed by atoms with Gasteiger partial charge in [0, 0.05) is 12.6 Å². The minimum atomic E-state index is -0.271. The molecule has 0 unspecified atom stereocenters. The van der Waals surface area contributed by atoms with E-state index in [0.717, 1.165) is 22.4 Å². The van der Waals surface area contributed by atoms with Gasteiger partial charge in [0.05, 0.1) is 5.69 Å². The number of urea groups is 1. The zero-order chi connectivity index (χ0) is 16.8. The molecule has 0 bridgehead atoms. The number of aryl methyl sites for hydroxylation is 2. The fraction of sp³-hybridized carbons (Fsp3) is 0.211. The van der Waals surface area contributed by atoms with Crippen LogP contribution in [0.3, 0.4) is 0 Å². The van der Waals surface area contributed by atoms with Crippen molar-refractivity contribution in [1.29, 1.82) is 0 Å². The largest absolute Gasteiger partial charge is 0.489 e. The molecule has 0 saturated carbocycles. The van der Waals surface area contributed by atoms with E-state index in [0.29, 0.717) is 12.3 Å². The van der Waals surface area contributed by atoms with Crippen LogP contribution in [0, 0.1) is 13.8 Å². The molecule has 2 rings (SSSR count). The molecule has 0 aliphatic carbocycles. The second-order valence-electron chi connectivity index (χ2n) is 5.35. The van der Waals surface area contributed by atoms with Gasteiger partial charge in [-0.1, -0.05) is 48.6 Å². The van der Waals surface area contributed by atoms with E-state index in [1.165, 1.54) is 5.56 Å². The summed E-state index contributed by atoms with van der Waals surface area (Å²) in [6.07, 6.45) is 1.71. The summed E-state index contributed by atoms with van der Waals surface area (Å²) >= 11 is 0. The molecule has 0 aromatic heterocycles. The number of amides is 2. The highest BCUT2D eigenvalue weighted by Crippen LogP contribution is 2.25. The van der Waals surface area contributed by atoms with Gasteiger partial charge in [0.15, 0.2) is 0 Å². The zero-order valence-corrected chi connectivity index (χ0v) is 13.8. The summed E-state index contributed by atoms with van der Waals surface area (Å²) in [6.45, 7) is 8.23. The van der Waals surface area contributed by atoms with Crippen LogP contribution in [0.1, 0.15) is 22.3 Å². The molecule has 2 N–H and O–H groups in total. The maximum Gasteiger partial charge on any atom is 0.319 e. The van der Waals surface area contributed by atoms with Crippen molar-refractivity contribution >= 4 is 17.8 Å². The van der Waals surface area contributed by atoms with Gasteiger partial charge >= 0.3 is 6.03 Å². The van der Waals surface area contributed by atoms with Crippen molar-refractivity contribution < 1.29 is 9.53 Å². The quantitative estimate of drug-likeness (QED) is 0.866. The molecule has 2 amide bonds. The molecule has 0 radical (unpaired) electrons. The number of ether oxygens (including phenoxy) is 1. The van der Waals surface area contributed by atoms with Gasteiger partial charge in [-0.25, -0.2) is 4.79 Å². The van der Waals surface area contributed by atoms with Crippen LogP contribution < -0.4 is 15.4 Å². The summed E-state index contributed by atoms with van der Waals surface area (Å²) in [5.41, 5.74) is 4.75. The third-order valence-electron chi connectivity index (χ3n) is 3.58. The van der Waals surface area contributed by atoms with E-state index in [4.69, 9.17) is 4.74 Å². The number of carbonyl (C=O) groups is 1. The first-order chi connectivity index (χ1) is 11.0. The summed E-state index contributed by atoms with van der Waals surface area (Å²) in [5, 5.41) is 5.39. The molecule has 0 aliphatic rings. The van der Waals surface area contributed by atoms with Crippen LogP contribution in [0.4, 0.5) is 10.5 Å². The number of anilines is 1. The monoisotopic (exact) mass is 310 g/mol. The van der Waals surface area contributed by atoms with Crippen molar-refractivity contribution in [1.82, 2.24) is 5.32 Å². The Morgan fingerprint density at radius 3 is 2.70 bits per heavy atom. The van der Waals surface area contributed by atoms with Gasteiger partial charge in [-0.05, 0) is 31.0 Å². The van der Waals surface area contributed by atoms with E-state index in [1.807, 2.05) is 37.3 Å². The predicted octanol–water partition coefficient (Wildman–Crippen LogP) is 4.28. The summed E-state index contributed by atoms with van der Waals surface area (Å²) < 4.78 is 5.93. The fourth-order valence-corrected chi connectivity index (χ4v) is 2.36. The van der Waals surface area contributed by atoms with E-state index in [9.17, 15) is 4.79 Å². The average molecular weight is 310 g/mol. The Morgan fingerprint density at radius 2 is 2.04 bits per heavy atom. The molecule has 0 aliphatic heterocycles. The lowest BCUT2D eigenvalue weighted by Gasteiger charge is -2.15. The number of hydrogen-bond donors (Lipinski definition) is 2. The van der Waals surface area contributed by atoms with E-state index >= 15 is 0 Å². The van der Waals surface area contributed by atoms with Crippen LogP contribution in [0.25, 0.3) is 6.08 Å². The normalized spacial score (nSPS) is 10.0. The third-order valence-corrected chi connectivity index (χ3v) is 3.58. The Balaban J connectivity index is 2.24. The van der Waals surface area contributed by atoms with Crippen molar-refractivity contribution in [3.63, 3.8) is 0 Å². The third kappa shape index (κ3) is 4.13. The van der Waals surface area contributed by atoms with Gasteiger partial charge < -0.3 is 15.4 Å². The topological polar surface area (TPSA) is 50.4 Å². The predicted molar refractivity (Wildman–Crippen MR) is 94.9 cm³/mol. The van der Waals surface area contributed by atoms with Crippen LogP contribution in [-0.4, -0.2) is 13.1 Å². The van der Waals surface area contributed by atoms with E-state index < -0.39 is 0 Å². The fourth-order valence-electron chi connectivity index (χ4n) is 2.36. The lowest BCUT2D eigenvalue weighted by Crippen LogP contribution is -2.25. The van der Waals surface area contributed by atoms with Gasteiger partial charge in [-0.3, -0.25) is 0 Å². The maximum atomic E-state index is 11.7. The Kier molecular flexibility index (Phi) is 5.41. The van der Waals surface area contributed by atoms with Gasteiger partial charge in [-0.2, -0.15) is 0 Å². The van der Waals surface area contributed by atoms with Crippen LogP contribution in [0.15, 0.2) is 43.0 Å². The molecule has 0 atom stereocenters. The number of hydrogen-bond acceptors (Lipinski definition) is 2. The zero-order valence-electron chi connectivity index (χ0n) is 13.8. The van der Waals surface area contributed by atoms with Gasteiger partial charge in [0.25, 0.3) is 0 Å². The Bertz CT molecular complexity index is 723. The van der Waals surface area contributed by atoms with Crippen molar-refractivity contribution in [2.75, 3.05) is 12.4 Å². The number of benzene rings is 2. The highest BCUT2D eigenvalue weighted by molar-refractivity contribution is 5.92. The minimum absolute atomic E-state index is 0.271. The number of para-hydroxylation sites is 1. The van der Waals surface area contributed by atoms with Crippen molar-refractivity contribution in [2.24, 2.45) is 0 Å². The van der Waals surface area contributed by atoms with Crippen LogP contribution in [0.5, 0.6) is 5.75 Å². The van der Waals surface area contributed by atoms with E-state index in [-0.39, 0.29) is 6.03 Å². The molecule has 0 saturated heterocycles.